The van der Waals surface area contributed by atoms with E-state index in [2.05, 4.69) is 133 Å². The molecule has 10 aromatic rings. The summed E-state index contributed by atoms with van der Waals surface area (Å²) in [4.78, 5) is 15.0. The third-order valence-electron chi connectivity index (χ3n) is 9.27. The number of thiophene rings is 1. The molecular formula is C43H25N3S. The van der Waals surface area contributed by atoms with Crippen molar-refractivity contribution in [1.82, 2.24) is 15.0 Å². The van der Waals surface area contributed by atoms with E-state index in [0.717, 1.165) is 27.5 Å². The van der Waals surface area contributed by atoms with Gasteiger partial charge in [0.15, 0.2) is 17.5 Å². The fourth-order valence-electron chi connectivity index (χ4n) is 6.97. The van der Waals surface area contributed by atoms with E-state index in [1.807, 2.05) is 29.5 Å². The summed E-state index contributed by atoms with van der Waals surface area (Å²) in [5.74, 6) is 1.99. The monoisotopic (exact) mass is 615 g/mol. The second-order valence-electron chi connectivity index (χ2n) is 12.0. The lowest BCUT2D eigenvalue weighted by molar-refractivity contribution is 1.08. The number of aromatic nitrogens is 3. The zero-order valence-electron chi connectivity index (χ0n) is 25.2. The molecule has 0 fully saturated rings. The Morgan fingerprint density at radius 2 is 0.894 bits per heavy atom. The van der Waals surface area contributed by atoms with Gasteiger partial charge in [0, 0.05) is 42.2 Å². The third-order valence-corrected chi connectivity index (χ3v) is 10.5. The number of hydrogen-bond donors (Lipinski definition) is 0. The number of hydrogen-bond acceptors (Lipinski definition) is 4. The first-order chi connectivity index (χ1) is 23.3. The molecule has 0 amide bonds. The van der Waals surface area contributed by atoms with Crippen LogP contribution >= 0.6 is 11.3 Å². The van der Waals surface area contributed by atoms with E-state index in [-0.39, 0.29) is 0 Å². The Bertz CT molecular complexity index is 2850. The van der Waals surface area contributed by atoms with Gasteiger partial charge in [0.05, 0.1) is 0 Å². The third kappa shape index (κ3) is 4.23. The van der Waals surface area contributed by atoms with Crippen LogP contribution in [0, 0.1) is 0 Å². The van der Waals surface area contributed by atoms with E-state index in [0.29, 0.717) is 17.5 Å². The minimum atomic E-state index is 0.661. The maximum atomic E-state index is 5.06. The maximum Gasteiger partial charge on any atom is 0.164 e. The van der Waals surface area contributed by atoms with Crippen molar-refractivity contribution in [2.24, 2.45) is 0 Å². The van der Waals surface area contributed by atoms with Crippen LogP contribution in [0.3, 0.4) is 0 Å². The first-order valence-corrected chi connectivity index (χ1v) is 16.6. The van der Waals surface area contributed by atoms with Crippen molar-refractivity contribution in [3.8, 4) is 34.2 Å². The van der Waals surface area contributed by atoms with Gasteiger partial charge in [0.2, 0.25) is 0 Å². The van der Waals surface area contributed by atoms with Crippen LogP contribution in [0.15, 0.2) is 152 Å². The van der Waals surface area contributed by atoms with Crippen LogP contribution in [-0.4, -0.2) is 15.0 Å². The van der Waals surface area contributed by atoms with Gasteiger partial charge in [-0.15, -0.1) is 11.3 Å². The zero-order valence-corrected chi connectivity index (χ0v) is 26.0. The van der Waals surface area contributed by atoms with Gasteiger partial charge in [-0.3, -0.25) is 0 Å². The molecule has 3 nitrogen and oxygen atoms in total. The molecule has 2 heterocycles. The molecule has 4 heteroatoms. The molecule has 218 valence electrons. The lowest BCUT2D eigenvalue weighted by atomic mass is 9.94. The number of benzene rings is 8. The van der Waals surface area contributed by atoms with Crippen molar-refractivity contribution in [3.63, 3.8) is 0 Å². The molecule has 0 saturated heterocycles. The van der Waals surface area contributed by atoms with Crippen molar-refractivity contribution >= 4 is 74.6 Å². The number of rotatable bonds is 3. The maximum absolute atomic E-state index is 5.06. The van der Waals surface area contributed by atoms with Crippen LogP contribution in [-0.2, 0) is 0 Å². The van der Waals surface area contributed by atoms with E-state index < -0.39 is 0 Å². The van der Waals surface area contributed by atoms with Crippen molar-refractivity contribution in [2.45, 2.75) is 0 Å². The smallest absolute Gasteiger partial charge is 0.164 e. The highest BCUT2D eigenvalue weighted by Crippen LogP contribution is 2.42. The molecular weight excluding hydrogens is 591 g/mol. The molecule has 0 bridgehead atoms. The minimum absolute atomic E-state index is 0.661. The Morgan fingerprint density at radius 1 is 0.340 bits per heavy atom. The lowest BCUT2D eigenvalue weighted by Crippen LogP contribution is -2.00. The highest BCUT2D eigenvalue weighted by molar-refractivity contribution is 7.26. The SMILES string of the molecule is c1ccc(-c2nc(-c3ccc4ccccc4c3)nc(-c3ccc4c(ccc5ccc6c(ccc7c8ccccc8sc76)c54)c3)n2)cc1. The molecule has 47 heavy (non-hydrogen) atoms. The number of nitrogens with zero attached hydrogens (tertiary/aromatic N) is 3. The van der Waals surface area contributed by atoms with Gasteiger partial charge >= 0.3 is 0 Å². The molecule has 0 radical (unpaired) electrons. The Balaban J connectivity index is 1.17. The van der Waals surface area contributed by atoms with Gasteiger partial charge < -0.3 is 0 Å². The van der Waals surface area contributed by atoms with Crippen LogP contribution in [0.2, 0.25) is 0 Å². The Hall–Kier alpha value is -5.97. The van der Waals surface area contributed by atoms with Crippen molar-refractivity contribution in [3.05, 3.63) is 152 Å². The van der Waals surface area contributed by atoms with E-state index in [1.165, 1.54) is 52.5 Å². The van der Waals surface area contributed by atoms with Gasteiger partial charge in [-0.05, 0) is 55.9 Å². The predicted octanol–water partition coefficient (Wildman–Crippen LogP) is 11.9. The van der Waals surface area contributed by atoms with Gasteiger partial charge in [0.1, 0.15) is 0 Å². The standard InChI is InChI=1S/C43H25N3S/c1-2-9-28(10-3-1)41-44-42(31-17-14-26-8-4-5-11-29(26)24-31)46-43(45-41)32-19-20-33-30(25-32)16-15-27-18-21-37-35(39(27)33)22-23-36-34-12-6-7-13-38(34)47-40(36)37/h1-25H. The summed E-state index contributed by atoms with van der Waals surface area (Å²) < 4.78 is 2.67. The summed E-state index contributed by atoms with van der Waals surface area (Å²) in [6, 6.07) is 53.9. The van der Waals surface area contributed by atoms with Crippen molar-refractivity contribution < 1.29 is 0 Å². The summed E-state index contributed by atoms with van der Waals surface area (Å²) in [7, 11) is 0. The summed E-state index contributed by atoms with van der Waals surface area (Å²) in [6.45, 7) is 0. The fraction of sp³-hybridized carbons (Fsp3) is 0. The summed E-state index contributed by atoms with van der Waals surface area (Å²) in [6.07, 6.45) is 0. The first kappa shape index (κ1) is 26.3. The Morgan fingerprint density at radius 3 is 1.74 bits per heavy atom. The van der Waals surface area contributed by atoms with Gasteiger partial charge in [-0.2, -0.15) is 0 Å². The van der Waals surface area contributed by atoms with Crippen LogP contribution in [0.25, 0.3) is 97.4 Å². The van der Waals surface area contributed by atoms with Crippen LogP contribution in [0.5, 0.6) is 0 Å². The predicted molar refractivity (Wildman–Crippen MR) is 199 cm³/mol. The fourth-order valence-corrected chi connectivity index (χ4v) is 8.20. The topological polar surface area (TPSA) is 38.7 Å². The molecule has 10 rings (SSSR count). The molecule has 0 aliphatic rings. The summed E-state index contributed by atoms with van der Waals surface area (Å²) in [5.41, 5.74) is 2.89. The van der Waals surface area contributed by atoms with Crippen molar-refractivity contribution in [1.29, 1.82) is 0 Å². The molecule has 0 aliphatic carbocycles. The molecule has 0 atom stereocenters. The zero-order chi connectivity index (χ0) is 30.9. The quantitative estimate of drug-likeness (QED) is 0.186. The summed E-state index contributed by atoms with van der Waals surface area (Å²) in [5, 5.41) is 12.5. The normalized spacial score (nSPS) is 11.8. The molecule has 8 aromatic carbocycles. The first-order valence-electron chi connectivity index (χ1n) is 15.8. The van der Waals surface area contributed by atoms with E-state index >= 15 is 0 Å². The van der Waals surface area contributed by atoms with E-state index in [4.69, 9.17) is 15.0 Å². The summed E-state index contributed by atoms with van der Waals surface area (Å²) >= 11 is 1.88. The lowest BCUT2D eigenvalue weighted by Gasteiger charge is -2.12. The van der Waals surface area contributed by atoms with Gasteiger partial charge in [-0.25, -0.2) is 15.0 Å². The minimum Gasteiger partial charge on any atom is -0.208 e. The van der Waals surface area contributed by atoms with E-state index in [9.17, 15) is 0 Å². The largest absolute Gasteiger partial charge is 0.208 e. The highest BCUT2D eigenvalue weighted by Gasteiger charge is 2.15. The van der Waals surface area contributed by atoms with Gasteiger partial charge in [-0.1, -0.05) is 133 Å². The molecule has 0 saturated carbocycles. The second kappa shape index (κ2) is 10.3. The van der Waals surface area contributed by atoms with Crippen LogP contribution in [0.1, 0.15) is 0 Å². The Labute approximate surface area is 274 Å². The van der Waals surface area contributed by atoms with Crippen LogP contribution < -0.4 is 0 Å². The molecule has 0 spiro atoms. The second-order valence-corrected chi connectivity index (χ2v) is 13.1. The van der Waals surface area contributed by atoms with Gasteiger partial charge in [0.25, 0.3) is 0 Å². The van der Waals surface area contributed by atoms with E-state index in [1.54, 1.807) is 0 Å². The highest BCUT2D eigenvalue weighted by atomic mass is 32.1. The molecule has 0 N–H and O–H groups in total. The molecule has 0 unspecified atom stereocenters. The Kier molecular flexibility index (Phi) is 5.74. The van der Waals surface area contributed by atoms with Crippen molar-refractivity contribution in [2.75, 3.05) is 0 Å². The average Bonchev–Trinajstić information content (AvgIpc) is 3.53. The van der Waals surface area contributed by atoms with Crippen LogP contribution in [0.4, 0.5) is 0 Å². The number of fused-ring (bicyclic) bond motifs is 10. The molecule has 2 aromatic heterocycles. The molecule has 0 aliphatic heterocycles. The average molecular weight is 616 g/mol.